The smallest absolute Gasteiger partial charge is 0.362 e. The number of hydrogen-bond acceptors (Lipinski definition) is 15. The first-order chi connectivity index (χ1) is 23.3. The van der Waals surface area contributed by atoms with Crippen LogP contribution in [-0.2, 0) is 36.1 Å². The first kappa shape index (κ1) is 36.8. The van der Waals surface area contributed by atoms with Gasteiger partial charge in [-0.05, 0) is 38.1 Å². The van der Waals surface area contributed by atoms with Gasteiger partial charge in [-0.2, -0.15) is 13.1 Å². The lowest BCUT2D eigenvalue weighted by molar-refractivity contribution is -0.161. The molecule has 21 nitrogen and oxygen atoms in total. The molecule has 50 heavy (non-hydrogen) atoms. The third-order valence-corrected chi connectivity index (χ3v) is 8.57. The molecular formula is C27H28N8O13S2. The van der Waals surface area contributed by atoms with E-state index in [4.69, 9.17) is 10.6 Å². The molecule has 4 amide bonds. The van der Waals surface area contributed by atoms with Gasteiger partial charge in [-0.3, -0.25) is 28.5 Å². The number of carbonyl (C=O) groups is 5. The second-order valence-electron chi connectivity index (χ2n) is 10.9. The number of amides is 4. The fourth-order valence-corrected chi connectivity index (χ4v) is 5.67. The minimum atomic E-state index is -5.16. The summed E-state index contributed by atoms with van der Waals surface area (Å²) in [6, 6.07) is 3.52. The van der Waals surface area contributed by atoms with Gasteiger partial charge in [0.1, 0.15) is 11.7 Å². The number of anilines is 1. The quantitative estimate of drug-likeness (QED) is 0.0318. The molecule has 0 saturated carbocycles. The number of nitrogen functional groups attached to an aromatic ring is 1. The number of oxime groups is 1. The molecular weight excluding hydrogens is 708 g/mol. The minimum Gasteiger partial charge on any atom is -0.492 e. The van der Waals surface area contributed by atoms with Crippen molar-refractivity contribution < 1.29 is 57.2 Å². The Hall–Kier alpha value is -6.07. The molecule has 3 heterocycles. The van der Waals surface area contributed by atoms with Crippen LogP contribution in [-0.4, -0.2) is 102 Å². The van der Waals surface area contributed by atoms with Crippen molar-refractivity contribution in [2.75, 3.05) is 12.3 Å². The highest BCUT2D eigenvalue weighted by molar-refractivity contribution is 7.84. The zero-order chi connectivity index (χ0) is 37.1. The second-order valence-corrected chi connectivity index (χ2v) is 13.0. The molecule has 4 rings (SSSR count). The highest BCUT2D eigenvalue weighted by atomic mass is 32.2. The Morgan fingerprint density at radius 1 is 1.08 bits per heavy atom. The van der Waals surface area contributed by atoms with Crippen LogP contribution in [0.4, 0.5) is 5.13 Å². The van der Waals surface area contributed by atoms with E-state index in [9.17, 15) is 57.2 Å². The molecule has 1 aromatic carbocycles. The largest absolute Gasteiger partial charge is 0.492 e. The van der Waals surface area contributed by atoms with Gasteiger partial charge >= 0.3 is 16.3 Å². The van der Waals surface area contributed by atoms with Crippen molar-refractivity contribution in [3.05, 3.63) is 74.5 Å². The number of pyridine rings is 1. The van der Waals surface area contributed by atoms with Gasteiger partial charge in [-0.25, -0.2) is 14.1 Å². The molecule has 266 valence electrons. The molecule has 0 unspecified atom stereocenters. The Labute approximate surface area is 284 Å². The lowest BCUT2D eigenvalue weighted by Crippen LogP contribution is -2.74. The summed E-state index contributed by atoms with van der Waals surface area (Å²) in [7, 11) is -5.16. The van der Waals surface area contributed by atoms with Crippen molar-refractivity contribution in [1.29, 1.82) is 0 Å². The summed E-state index contributed by atoms with van der Waals surface area (Å²) in [6.45, 7) is 1.31. The standard InChI is InChI=1S/C27H28N8O13S2/c1-27(2,25(42)43)48-33-19(16-11-49-26(28)31-16)23(40)32-20-17(35(24(20)41)50(45,46)47)10-30-22(39)13-5-3-12(4-6-13)21(38)29-9-14-7-15(36)8-18(37)34(14)44/h3-8,11,17,20,37,44H,9-10H2,1-2H3,(H2,28,31)(H,29,38)(H,30,39)(H,32,40)(H,42,43)(H,45,46,47)/t17-,20+/m1/s1. The van der Waals surface area contributed by atoms with E-state index in [0.717, 1.165) is 37.3 Å². The summed E-state index contributed by atoms with van der Waals surface area (Å²) in [5.74, 6) is -6.10. The van der Waals surface area contributed by atoms with Crippen molar-refractivity contribution >= 4 is 62.1 Å². The van der Waals surface area contributed by atoms with Gasteiger partial charge in [0.15, 0.2) is 16.3 Å². The average Bonchev–Trinajstić information content (AvgIpc) is 3.47. The molecule has 1 saturated heterocycles. The van der Waals surface area contributed by atoms with Crippen LogP contribution in [0.5, 0.6) is 5.88 Å². The molecule has 3 aromatic rings. The predicted molar refractivity (Wildman–Crippen MR) is 169 cm³/mol. The van der Waals surface area contributed by atoms with Gasteiger partial charge in [-0.1, -0.05) is 5.16 Å². The number of nitrogens with one attached hydrogen (secondary N) is 3. The van der Waals surface area contributed by atoms with E-state index in [1.807, 2.05) is 0 Å². The summed E-state index contributed by atoms with van der Waals surface area (Å²) in [6.07, 6.45) is 0. The molecule has 0 radical (unpaired) electrons. The normalized spacial score (nSPS) is 16.3. The Kier molecular flexibility index (Phi) is 10.4. The van der Waals surface area contributed by atoms with Crippen molar-refractivity contribution in [2.45, 2.75) is 38.1 Å². The number of carbonyl (C=O) groups excluding carboxylic acids is 4. The number of aromatic nitrogens is 2. The third-order valence-electron chi connectivity index (χ3n) is 6.94. The van der Waals surface area contributed by atoms with Crippen LogP contribution in [0.2, 0.25) is 0 Å². The Balaban J connectivity index is 1.45. The number of β-lactam (4-membered cyclic amide) rings is 1. The molecule has 0 spiro atoms. The van der Waals surface area contributed by atoms with Crippen LogP contribution in [0.25, 0.3) is 0 Å². The minimum absolute atomic E-state index is 0.00357. The van der Waals surface area contributed by atoms with Crippen molar-refractivity contribution in [3.8, 4) is 5.88 Å². The van der Waals surface area contributed by atoms with Gasteiger partial charge in [0.2, 0.25) is 11.5 Å². The molecule has 0 bridgehead atoms. The first-order valence-corrected chi connectivity index (χ1v) is 16.2. The zero-order valence-corrected chi connectivity index (χ0v) is 27.4. The van der Waals surface area contributed by atoms with Crippen molar-refractivity contribution in [1.82, 2.24) is 30.0 Å². The summed E-state index contributed by atoms with van der Waals surface area (Å²) >= 11 is 0.896. The van der Waals surface area contributed by atoms with Crippen molar-refractivity contribution in [3.63, 3.8) is 0 Å². The number of aliphatic carboxylic acids is 1. The maximum atomic E-state index is 13.2. The fourth-order valence-electron chi connectivity index (χ4n) is 4.24. The Bertz CT molecular complexity index is 2060. The lowest BCUT2D eigenvalue weighted by Gasteiger charge is -2.44. The van der Waals surface area contributed by atoms with Gasteiger partial charge in [0.25, 0.3) is 23.6 Å². The second kappa shape index (κ2) is 14.2. The average molecular weight is 737 g/mol. The summed E-state index contributed by atoms with van der Waals surface area (Å²) in [4.78, 5) is 83.3. The topological polar surface area (TPSA) is 322 Å². The molecule has 2 atom stereocenters. The maximum Gasteiger partial charge on any atom is 0.362 e. The summed E-state index contributed by atoms with van der Waals surface area (Å²) in [5.41, 5.74) is 2.22. The molecule has 2 aromatic heterocycles. The highest BCUT2D eigenvalue weighted by Crippen LogP contribution is 2.24. The number of nitrogens with zero attached hydrogens (tertiary/aromatic N) is 4. The number of hydrogen-bond donors (Lipinski definition) is 8. The van der Waals surface area contributed by atoms with Crippen LogP contribution in [0.15, 0.2) is 51.7 Å². The molecule has 9 N–H and O–H groups in total. The SMILES string of the molecule is CC(C)(ON=C(C(=O)N[C@@H]1C(=O)N(S(=O)(=O)O)[C@@H]1CNC(=O)c1ccc(C(=O)NCc2cc(=O)cc(O)n2O)cc1)c1csc(N)n1)C(=O)O. The lowest BCUT2D eigenvalue weighted by atomic mass is 9.98. The number of carboxylic acid groups (broad SMARTS) is 1. The molecule has 1 aliphatic heterocycles. The molecule has 0 aliphatic carbocycles. The Morgan fingerprint density at radius 3 is 2.22 bits per heavy atom. The van der Waals surface area contributed by atoms with Crippen LogP contribution < -0.4 is 27.1 Å². The first-order valence-electron chi connectivity index (χ1n) is 13.9. The number of carboxylic acids is 1. The van der Waals surface area contributed by atoms with E-state index >= 15 is 0 Å². The van der Waals surface area contributed by atoms with E-state index < -0.39 is 81.2 Å². The number of rotatable bonds is 13. The Morgan fingerprint density at radius 2 is 1.68 bits per heavy atom. The van der Waals surface area contributed by atoms with Gasteiger partial charge < -0.3 is 41.9 Å². The van der Waals surface area contributed by atoms with Crippen LogP contribution in [0, 0.1) is 0 Å². The highest BCUT2D eigenvalue weighted by Gasteiger charge is 2.54. The van der Waals surface area contributed by atoms with E-state index in [2.05, 4.69) is 26.1 Å². The third kappa shape index (κ3) is 8.13. The van der Waals surface area contributed by atoms with Crippen LogP contribution >= 0.6 is 11.3 Å². The molecule has 1 aliphatic rings. The molecule has 1 fully saturated rings. The fraction of sp³-hybridized carbons (Fsp3) is 0.259. The number of aromatic hydroxyl groups is 1. The van der Waals surface area contributed by atoms with Gasteiger partial charge in [0, 0.05) is 35.2 Å². The predicted octanol–water partition coefficient (Wildman–Crippen LogP) is -1.73. The summed E-state index contributed by atoms with van der Waals surface area (Å²) < 4.78 is 33.9. The summed E-state index contributed by atoms with van der Waals surface area (Å²) in [5, 5.41) is 40.5. The van der Waals surface area contributed by atoms with Crippen LogP contribution in [0.1, 0.15) is 46.0 Å². The zero-order valence-electron chi connectivity index (χ0n) is 25.8. The number of benzene rings is 1. The van der Waals surface area contributed by atoms with E-state index in [1.54, 1.807) is 0 Å². The number of thiazole rings is 1. The van der Waals surface area contributed by atoms with E-state index in [0.29, 0.717) is 4.73 Å². The van der Waals surface area contributed by atoms with E-state index in [1.165, 1.54) is 29.6 Å². The van der Waals surface area contributed by atoms with Crippen LogP contribution in [0.3, 0.4) is 0 Å². The molecule has 23 heteroatoms. The number of nitrogens with two attached hydrogens (primary N) is 1. The van der Waals surface area contributed by atoms with E-state index in [-0.39, 0.29) is 38.5 Å². The maximum absolute atomic E-state index is 13.2. The monoisotopic (exact) mass is 736 g/mol. The van der Waals surface area contributed by atoms with Crippen molar-refractivity contribution in [2.24, 2.45) is 5.16 Å². The van der Waals surface area contributed by atoms with Gasteiger partial charge in [-0.15, -0.1) is 11.3 Å². The van der Waals surface area contributed by atoms with Gasteiger partial charge in [0.05, 0.1) is 18.3 Å².